The van der Waals surface area contributed by atoms with E-state index < -0.39 is 35.0 Å². The normalized spacial score (nSPS) is 18.6. The Morgan fingerprint density at radius 3 is 2.19 bits per heavy atom. The Kier molecular flexibility index (Phi) is 16.8. The van der Waals surface area contributed by atoms with E-state index in [-0.39, 0.29) is 67.2 Å². The molecule has 3 aliphatic rings. The molecule has 0 bridgehead atoms. The van der Waals surface area contributed by atoms with Gasteiger partial charge in [-0.1, -0.05) is 87.5 Å². The zero-order valence-corrected chi connectivity index (χ0v) is 43.9. The highest BCUT2D eigenvalue weighted by Gasteiger charge is 2.47. The molecule has 5 atom stereocenters. The summed E-state index contributed by atoms with van der Waals surface area (Å²) in [6.07, 6.45) is 0.603. The third-order valence-corrected chi connectivity index (χ3v) is 15.2. The average Bonchev–Trinajstić information content (AvgIpc) is 4.13. The topological polar surface area (TPSA) is 194 Å². The van der Waals surface area contributed by atoms with E-state index in [1.807, 2.05) is 115 Å². The molecule has 1 fully saturated rings. The van der Waals surface area contributed by atoms with Crippen LogP contribution in [0.5, 0.6) is 0 Å². The van der Waals surface area contributed by atoms with E-state index in [4.69, 9.17) is 0 Å². The molecule has 3 aliphatic heterocycles. The molecule has 15 nitrogen and oxygen atoms in total. The monoisotopic (exact) mass is 999 g/mol. The van der Waals surface area contributed by atoms with Crippen molar-refractivity contribution in [3.05, 3.63) is 123 Å². The molecule has 1 saturated heterocycles. The van der Waals surface area contributed by atoms with Crippen LogP contribution in [0.25, 0.3) is 10.4 Å². The summed E-state index contributed by atoms with van der Waals surface area (Å²) in [6.45, 7) is 14.9. The second kappa shape index (κ2) is 22.6. The van der Waals surface area contributed by atoms with Gasteiger partial charge in [0.2, 0.25) is 23.6 Å². The van der Waals surface area contributed by atoms with Gasteiger partial charge in [0, 0.05) is 61.4 Å². The number of rotatable bonds is 18. The number of amides is 5. The van der Waals surface area contributed by atoms with Crippen LogP contribution in [0.15, 0.2) is 101 Å². The van der Waals surface area contributed by atoms with Gasteiger partial charge in [-0.3, -0.25) is 33.8 Å². The van der Waals surface area contributed by atoms with Gasteiger partial charge in [0.15, 0.2) is 5.78 Å². The summed E-state index contributed by atoms with van der Waals surface area (Å²) < 4.78 is 0. The van der Waals surface area contributed by atoms with Gasteiger partial charge >= 0.3 is 0 Å². The largest absolute Gasteiger partial charge is 0.391 e. The number of β-amino-alcohol motifs (C(OH)–C–C–N with tert-alkyl or cyclic N) is 1. The summed E-state index contributed by atoms with van der Waals surface area (Å²) in [5.41, 5.74) is 7.19. The van der Waals surface area contributed by atoms with Crippen molar-refractivity contribution in [1.82, 2.24) is 35.6 Å². The zero-order chi connectivity index (χ0) is 52.1. The highest BCUT2D eigenvalue weighted by molar-refractivity contribution is 7.13. The summed E-state index contributed by atoms with van der Waals surface area (Å²) in [7, 11) is 4.02. The van der Waals surface area contributed by atoms with Crippen molar-refractivity contribution in [2.75, 3.05) is 40.3 Å². The quantitative estimate of drug-likeness (QED) is 0.0599. The fourth-order valence-corrected chi connectivity index (χ4v) is 10.8. The van der Waals surface area contributed by atoms with Crippen LogP contribution < -0.4 is 16.0 Å². The lowest BCUT2D eigenvalue weighted by atomic mass is 9.85. The number of hydrogen-bond acceptors (Lipinski definition) is 11. The highest BCUT2D eigenvalue weighted by atomic mass is 32.1. The first-order valence-electron chi connectivity index (χ1n) is 24.9. The van der Waals surface area contributed by atoms with Crippen LogP contribution in [0.1, 0.15) is 130 Å². The van der Waals surface area contributed by atoms with Gasteiger partial charge < -0.3 is 35.8 Å². The number of nitrogens with one attached hydrogen (secondary N) is 3. The number of Topliss-reactive ketones (excluding diaryl/α,β-unsaturated/α-hetero) is 1. The summed E-state index contributed by atoms with van der Waals surface area (Å²) in [5, 5.41) is 19.6. The molecule has 0 unspecified atom stereocenters. The summed E-state index contributed by atoms with van der Waals surface area (Å²) in [4.78, 5) is 97.3. The summed E-state index contributed by atoms with van der Waals surface area (Å²) in [5.74, 6) is -1.15. The van der Waals surface area contributed by atoms with E-state index in [9.17, 15) is 33.9 Å². The number of aryl methyl sites for hydroxylation is 1. The molecule has 1 aromatic heterocycles. The predicted octanol–water partition coefficient (Wildman–Crippen LogP) is 7.03. The minimum absolute atomic E-state index is 0.0284. The number of carbonyl (C=O) groups is 6. The molecule has 4 heterocycles. The number of carbonyl (C=O) groups excluding carboxylic acids is 6. The second-order valence-electron chi connectivity index (χ2n) is 21.3. The van der Waals surface area contributed by atoms with Crippen molar-refractivity contribution < 1.29 is 33.9 Å². The molecular formula is C56H70N8O7S. The maximum atomic E-state index is 14.2. The van der Waals surface area contributed by atoms with Gasteiger partial charge in [0.25, 0.3) is 5.91 Å². The minimum Gasteiger partial charge on any atom is -0.391 e. The number of aromatic nitrogens is 1. The SMILES string of the molecule is Cc1ncsc1-c1ccc([C@H](C)NC(=O)[C@@H]2C[C@@H](O)CN2C(=O)[C@@H](NC(=O)CCCCC(=O)c2ccc(C(=O)NC3=NCC4=C3CN(C(=O)C[C@H](CN(C)C)c3ccccc3)C4(C)C)cc2)C(C)(C)C)cc1. The van der Waals surface area contributed by atoms with Gasteiger partial charge in [-0.2, -0.15) is 0 Å². The number of unbranched alkanes of at least 4 members (excludes halogenated alkanes) is 1. The van der Waals surface area contributed by atoms with Gasteiger partial charge in [-0.25, -0.2) is 4.98 Å². The van der Waals surface area contributed by atoms with Gasteiger partial charge in [-0.05, 0) is 94.4 Å². The Morgan fingerprint density at radius 1 is 0.889 bits per heavy atom. The van der Waals surface area contributed by atoms with Crippen molar-refractivity contribution in [2.45, 2.75) is 123 Å². The number of hydrogen-bond donors (Lipinski definition) is 4. The van der Waals surface area contributed by atoms with Crippen LogP contribution in [-0.2, 0) is 19.2 Å². The second-order valence-corrected chi connectivity index (χ2v) is 22.1. The van der Waals surface area contributed by atoms with Crippen LogP contribution >= 0.6 is 11.3 Å². The number of nitrogens with zero attached hydrogens (tertiary/aromatic N) is 5. The van der Waals surface area contributed by atoms with Crippen molar-refractivity contribution in [3.63, 3.8) is 0 Å². The molecule has 0 spiro atoms. The van der Waals surface area contributed by atoms with Crippen molar-refractivity contribution in [2.24, 2.45) is 10.4 Å². The molecule has 4 aromatic rings. The number of amidine groups is 1. The molecule has 7 rings (SSSR count). The van der Waals surface area contributed by atoms with Gasteiger partial charge in [0.1, 0.15) is 17.9 Å². The van der Waals surface area contributed by atoms with E-state index >= 15 is 0 Å². The Labute approximate surface area is 427 Å². The standard InChI is InChI=1S/C56H70N8O7S/c1-34(36-19-23-39(24-20-36)49-35(2)58-33-72-49)59-53(70)45-28-42(65)31-63(45)54(71)50(55(3,4)5)60-47(67)18-14-13-17-46(66)38-21-25-40(26-22-38)52(69)61-51-43-32-64(56(6,7)44(43)29-57-51)48(68)27-41(30-62(8)9)37-15-11-10-12-16-37/h10-12,15-16,19-26,33-34,41-42,45,50,65H,13-14,17-18,27-32H2,1-9H3,(H,59,70)(H,60,67)(H,57,61,69)/t34-,41+,42+,45-,50+/m0/s1. The average molecular weight is 999 g/mol. The fourth-order valence-electron chi connectivity index (χ4n) is 9.98. The molecule has 16 heteroatoms. The Balaban J connectivity index is 0.866. The van der Waals surface area contributed by atoms with E-state index in [2.05, 4.69) is 43.0 Å². The van der Waals surface area contributed by atoms with Crippen LogP contribution in [0, 0.1) is 12.3 Å². The van der Waals surface area contributed by atoms with Crippen LogP contribution in [0.4, 0.5) is 0 Å². The van der Waals surface area contributed by atoms with Crippen LogP contribution in [0.2, 0.25) is 0 Å². The molecule has 72 heavy (non-hydrogen) atoms. The number of ketones is 1. The first-order valence-corrected chi connectivity index (χ1v) is 25.8. The number of thiazole rings is 1. The summed E-state index contributed by atoms with van der Waals surface area (Å²) >= 11 is 1.57. The summed E-state index contributed by atoms with van der Waals surface area (Å²) in [6, 6.07) is 22.2. The Bertz CT molecular complexity index is 2710. The number of likely N-dealkylation sites (N-methyl/N-ethyl adjacent to an activating group) is 1. The number of aliphatic hydroxyl groups is 1. The van der Waals surface area contributed by atoms with E-state index in [1.165, 1.54) is 4.90 Å². The third-order valence-electron chi connectivity index (χ3n) is 14.2. The maximum absolute atomic E-state index is 14.2. The lowest BCUT2D eigenvalue weighted by molar-refractivity contribution is -0.144. The lowest BCUT2D eigenvalue weighted by Crippen LogP contribution is -2.57. The number of aliphatic hydroxyl groups excluding tert-OH is 1. The molecular weight excluding hydrogens is 929 g/mol. The van der Waals surface area contributed by atoms with E-state index in [0.717, 1.165) is 45.0 Å². The molecule has 0 radical (unpaired) electrons. The number of benzene rings is 3. The smallest absolute Gasteiger partial charge is 0.256 e. The maximum Gasteiger partial charge on any atom is 0.256 e. The molecule has 4 N–H and O–H groups in total. The Morgan fingerprint density at radius 2 is 1.56 bits per heavy atom. The molecule has 3 aromatic carbocycles. The van der Waals surface area contributed by atoms with Gasteiger partial charge in [0.05, 0.1) is 46.9 Å². The molecule has 382 valence electrons. The van der Waals surface area contributed by atoms with Crippen LogP contribution in [-0.4, -0.2) is 130 Å². The third kappa shape index (κ3) is 12.4. The minimum atomic E-state index is -0.970. The van der Waals surface area contributed by atoms with Crippen molar-refractivity contribution in [3.8, 4) is 10.4 Å². The lowest BCUT2D eigenvalue weighted by Gasteiger charge is -2.35. The Hall–Kier alpha value is -6.36. The van der Waals surface area contributed by atoms with Gasteiger partial charge in [-0.15, -0.1) is 11.3 Å². The fraction of sp³-hybridized carbons (Fsp3) is 0.464. The van der Waals surface area contributed by atoms with E-state index in [1.54, 1.807) is 35.6 Å². The first-order chi connectivity index (χ1) is 34.1. The van der Waals surface area contributed by atoms with Crippen molar-refractivity contribution in [1.29, 1.82) is 0 Å². The predicted molar refractivity (Wildman–Crippen MR) is 281 cm³/mol. The number of aliphatic imine (C=N–C) groups is 1. The molecule has 0 saturated carbocycles. The first kappa shape index (κ1) is 53.4. The zero-order valence-electron chi connectivity index (χ0n) is 43.1. The molecule has 0 aliphatic carbocycles. The number of likely N-dealkylation sites (tertiary alicyclic amines) is 1. The van der Waals surface area contributed by atoms with Crippen molar-refractivity contribution >= 4 is 52.5 Å². The van der Waals surface area contributed by atoms with Crippen LogP contribution in [0.3, 0.4) is 0 Å². The molecule has 5 amide bonds. The van der Waals surface area contributed by atoms with E-state index in [0.29, 0.717) is 49.3 Å². The highest BCUT2D eigenvalue weighted by Crippen LogP contribution is 2.39.